The van der Waals surface area contributed by atoms with Gasteiger partial charge < -0.3 is 4.57 Å². The fourth-order valence-corrected chi connectivity index (χ4v) is 2.69. The van der Waals surface area contributed by atoms with Gasteiger partial charge in [-0.2, -0.15) is 5.10 Å². The standard InChI is InChI=1S/C12H15N3O2S2/c1-19(16,17)9-5-8-15-11(13-14-12(15)18)10-6-3-2-4-7-10/h2-4,6-7H,5,8-9H2,1H3,(H,14,18). The Labute approximate surface area is 117 Å². The Balaban J connectivity index is 2.22. The molecule has 0 bridgehead atoms. The molecule has 0 amide bonds. The van der Waals surface area contributed by atoms with E-state index in [4.69, 9.17) is 12.2 Å². The second-order valence-corrected chi connectivity index (χ2v) is 7.00. The number of sulfone groups is 1. The summed E-state index contributed by atoms with van der Waals surface area (Å²) in [7, 11) is -2.95. The van der Waals surface area contributed by atoms with Gasteiger partial charge >= 0.3 is 0 Å². The van der Waals surface area contributed by atoms with Gasteiger partial charge in [0, 0.05) is 18.4 Å². The van der Waals surface area contributed by atoms with Crippen molar-refractivity contribution >= 4 is 22.1 Å². The van der Waals surface area contributed by atoms with E-state index < -0.39 is 9.84 Å². The first-order chi connectivity index (χ1) is 8.97. The normalized spacial score (nSPS) is 11.6. The molecular weight excluding hydrogens is 282 g/mol. The van der Waals surface area contributed by atoms with Gasteiger partial charge in [-0.25, -0.2) is 8.42 Å². The van der Waals surface area contributed by atoms with Gasteiger partial charge in [0.15, 0.2) is 10.6 Å². The molecule has 2 rings (SSSR count). The molecule has 19 heavy (non-hydrogen) atoms. The van der Waals surface area contributed by atoms with Gasteiger partial charge in [-0.05, 0) is 18.6 Å². The minimum atomic E-state index is -2.95. The van der Waals surface area contributed by atoms with Crippen LogP contribution in [0.15, 0.2) is 30.3 Å². The largest absolute Gasteiger partial charge is 0.300 e. The maximum atomic E-state index is 11.1. The van der Waals surface area contributed by atoms with Gasteiger partial charge in [0.2, 0.25) is 0 Å². The number of nitrogens with zero attached hydrogens (tertiary/aromatic N) is 2. The molecule has 0 aliphatic heterocycles. The first kappa shape index (κ1) is 14.0. The Morgan fingerprint density at radius 3 is 2.63 bits per heavy atom. The lowest BCUT2D eigenvalue weighted by molar-refractivity contribution is 0.591. The summed E-state index contributed by atoms with van der Waals surface area (Å²) in [5.41, 5.74) is 0.953. The lowest BCUT2D eigenvalue weighted by Crippen LogP contribution is -2.08. The van der Waals surface area contributed by atoms with Crippen molar-refractivity contribution in [1.82, 2.24) is 14.8 Å². The summed E-state index contributed by atoms with van der Waals surface area (Å²) in [5, 5.41) is 6.95. The van der Waals surface area contributed by atoms with Crippen LogP contribution in [0.1, 0.15) is 6.42 Å². The van der Waals surface area contributed by atoms with E-state index in [1.54, 1.807) is 0 Å². The van der Waals surface area contributed by atoms with Crippen LogP contribution in [0.3, 0.4) is 0 Å². The number of rotatable bonds is 5. The highest BCUT2D eigenvalue weighted by Crippen LogP contribution is 2.16. The minimum absolute atomic E-state index is 0.147. The molecule has 5 nitrogen and oxygen atoms in total. The first-order valence-corrected chi connectivity index (χ1v) is 8.32. The third-order valence-corrected chi connectivity index (χ3v) is 4.03. The SMILES string of the molecule is CS(=O)(=O)CCCn1c(-c2ccccc2)n[nH]c1=S. The molecule has 1 heterocycles. The number of aromatic amines is 1. The quantitative estimate of drug-likeness (QED) is 0.858. The number of H-pyrrole nitrogens is 1. The van der Waals surface area contributed by atoms with Crippen molar-refractivity contribution in [2.75, 3.05) is 12.0 Å². The van der Waals surface area contributed by atoms with Gasteiger partial charge in [0.25, 0.3) is 0 Å². The van der Waals surface area contributed by atoms with E-state index in [1.165, 1.54) is 6.26 Å². The monoisotopic (exact) mass is 297 g/mol. The topological polar surface area (TPSA) is 67.8 Å². The van der Waals surface area contributed by atoms with E-state index in [-0.39, 0.29) is 5.75 Å². The summed E-state index contributed by atoms with van der Waals surface area (Å²) in [6.07, 6.45) is 1.76. The van der Waals surface area contributed by atoms with Crippen molar-refractivity contribution in [3.05, 3.63) is 35.1 Å². The molecule has 1 aromatic carbocycles. The van der Waals surface area contributed by atoms with Crippen molar-refractivity contribution in [2.24, 2.45) is 0 Å². The van der Waals surface area contributed by atoms with Crippen LogP contribution in [-0.2, 0) is 16.4 Å². The summed E-state index contributed by atoms with van der Waals surface area (Å²) < 4.78 is 24.6. The summed E-state index contributed by atoms with van der Waals surface area (Å²) in [6.45, 7) is 0.534. The highest BCUT2D eigenvalue weighted by molar-refractivity contribution is 7.90. The third kappa shape index (κ3) is 3.74. The number of aromatic nitrogens is 3. The summed E-state index contributed by atoms with van der Waals surface area (Å²) in [6, 6.07) is 9.66. The predicted octanol–water partition coefficient (Wildman–Crippen LogP) is 2.04. The molecule has 0 atom stereocenters. The summed E-state index contributed by atoms with van der Waals surface area (Å²) in [5.74, 6) is 0.882. The van der Waals surface area contributed by atoms with E-state index in [2.05, 4.69) is 10.2 Å². The molecular formula is C12H15N3O2S2. The van der Waals surface area contributed by atoms with Crippen LogP contribution < -0.4 is 0 Å². The zero-order valence-corrected chi connectivity index (χ0v) is 12.2. The third-order valence-electron chi connectivity index (χ3n) is 2.69. The maximum Gasteiger partial charge on any atom is 0.195 e. The van der Waals surface area contributed by atoms with E-state index in [1.807, 2.05) is 34.9 Å². The van der Waals surface area contributed by atoms with Crippen LogP contribution in [0, 0.1) is 4.77 Å². The molecule has 102 valence electrons. The highest BCUT2D eigenvalue weighted by Gasteiger charge is 2.09. The average Bonchev–Trinajstić information content (AvgIpc) is 2.71. The summed E-state index contributed by atoms with van der Waals surface area (Å²) in [4.78, 5) is 0. The second-order valence-electron chi connectivity index (χ2n) is 4.35. The van der Waals surface area contributed by atoms with E-state index in [0.717, 1.165) is 11.4 Å². The molecule has 0 spiro atoms. The van der Waals surface area contributed by atoms with E-state index in [0.29, 0.717) is 17.7 Å². The minimum Gasteiger partial charge on any atom is -0.300 e. The lowest BCUT2D eigenvalue weighted by atomic mass is 10.2. The van der Waals surface area contributed by atoms with Crippen molar-refractivity contribution in [3.63, 3.8) is 0 Å². The molecule has 1 N–H and O–H groups in total. The second kappa shape index (κ2) is 5.66. The molecule has 1 aromatic heterocycles. The Morgan fingerprint density at radius 2 is 2.00 bits per heavy atom. The number of nitrogens with one attached hydrogen (secondary N) is 1. The van der Waals surface area contributed by atoms with Crippen LogP contribution in [0.4, 0.5) is 0 Å². The zero-order chi connectivity index (χ0) is 13.9. The Bertz CT molecular complexity index is 702. The highest BCUT2D eigenvalue weighted by atomic mass is 32.2. The van der Waals surface area contributed by atoms with Crippen LogP contribution in [-0.4, -0.2) is 35.2 Å². The molecule has 2 aromatic rings. The smallest absolute Gasteiger partial charge is 0.195 e. The van der Waals surface area contributed by atoms with Crippen molar-refractivity contribution in [3.8, 4) is 11.4 Å². The molecule has 0 unspecified atom stereocenters. The fourth-order valence-electron chi connectivity index (χ4n) is 1.82. The number of hydrogen-bond donors (Lipinski definition) is 1. The Morgan fingerprint density at radius 1 is 1.32 bits per heavy atom. The van der Waals surface area contributed by atoms with E-state index >= 15 is 0 Å². The fraction of sp³-hybridized carbons (Fsp3) is 0.333. The van der Waals surface area contributed by atoms with Crippen molar-refractivity contribution in [1.29, 1.82) is 0 Å². The van der Waals surface area contributed by atoms with Crippen molar-refractivity contribution in [2.45, 2.75) is 13.0 Å². The predicted molar refractivity (Wildman–Crippen MR) is 77.2 cm³/mol. The molecule has 0 aliphatic carbocycles. The van der Waals surface area contributed by atoms with Crippen molar-refractivity contribution < 1.29 is 8.42 Å². The summed E-state index contributed by atoms with van der Waals surface area (Å²) >= 11 is 5.18. The van der Waals surface area contributed by atoms with Gasteiger partial charge in [0.1, 0.15) is 9.84 Å². The van der Waals surface area contributed by atoms with Gasteiger partial charge in [-0.15, -0.1) is 0 Å². The van der Waals surface area contributed by atoms with Crippen LogP contribution in [0.25, 0.3) is 11.4 Å². The molecule has 0 fully saturated rings. The molecule has 0 saturated carbocycles. The molecule has 0 radical (unpaired) electrons. The van der Waals surface area contributed by atoms with Crippen LogP contribution >= 0.6 is 12.2 Å². The Hall–Kier alpha value is -1.47. The van der Waals surface area contributed by atoms with Gasteiger partial charge in [0.05, 0.1) is 5.75 Å². The maximum absolute atomic E-state index is 11.1. The molecule has 0 aliphatic rings. The van der Waals surface area contributed by atoms with E-state index in [9.17, 15) is 8.42 Å². The number of benzene rings is 1. The zero-order valence-electron chi connectivity index (χ0n) is 10.5. The first-order valence-electron chi connectivity index (χ1n) is 5.86. The van der Waals surface area contributed by atoms with Crippen LogP contribution in [0.2, 0.25) is 0 Å². The average molecular weight is 297 g/mol. The molecule has 7 heteroatoms. The molecule has 0 saturated heterocycles. The lowest BCUT2D eigenvalue weighted by Gasteiger charge is -2.06. The Kier molecular flexibility index (Phi) is 4.16. The van der Waals surface area contributed by atoms with Crippen LogP contribution in [0.5, 0.6) is 0 Å². The van der Waals surface area contributed by atoms with Gasteiger partial charge in [-0.1, -0.05) is 30.3 Å². The van der Waals surface area contributed by atoms with Gasteiger partial charge in [-0.3, -0.25) is 5.10 Å². The number of hydrogen-bond acceptors (Lipinski definition) is 4.